The van der Waals surface area contributed by atoms with Gasteiger partial charge in [-0.25, -0.2) is 4.79 Å². The monoisotopic (exact) mass is 487 g/mol. The van der Waals surface area contributed by atoms with Crippen LogP contribution in [0.4, 0.5) is 0 Å². The number of nitrogens with zero attached hydrogens (tertiary/aromatic N) is 1. The van der Waals surface area contributed by atoms with Crippen molar-refractivity contribution in [3.05, 3.63) is 35.1 Å². The molecule has 5 rings (SSSR count). The van der Waals surface area contributed by atoms with Gasteiger partial charge in [-0.2, -0.15) is 0 Å². The molecule has 2 unspecified atom stereocenters. The van der Waals surface area contributed by atoms with E-state index in [1.807, 2.05) is 6.07 Å². The third-order valence-electron chi connectivity index (χ3n) is 8.09. The Labute approximate surface area is 206 Å². The molecule has 8 nitrogen and oxygen atoms in total. The van der Waals surface area contributed by atoms with Crippen LogP contribution in [0.25, 0.3) is 0 Å². The van der Waals surface area contributed by atoms with Crippen molar-refractivity contribution >= 4 is 5.97 Å². The summed E-state index contributed by atoms with van der Waals surface area (Å²) in [5, 5.41) is 21.0. The molecule has 8 heteroatoms. The van der Waals surface area contributed by atoms with Gasteiger partial charge in [0.15, 0.2) is 23.2 Å². The first-order valence-electron chi connectivity index (χ1n) is 12.6. The molecule has 1 spiro atoms. The van der Waals surface area contributed by atoms with Crippen LogP contribution in [0.2, 0.25) is 0 Å². The highest BCUT2D eigenvalue weighted by molar-refractivity contribution is 5.79. The van der Waals surface area contributed by atoms with Crippen LogP contribution in [-0.4, -0.2) is 70.9 Å². The fraction of sp³-hybridized carbons (Fsp3) is 0.667. The molecule has 4 atom stereocenters. The predicted octanol–water partition coefficient (Wildman–Crippen LogP) is 3.04. The minimum absolute atomic E-state index is 0.178. The minimum Gasteiger partial charge on any atom is -0.497 e. The lowest BCUT2D eigenvalue weighted by molar-refractivity contribution is -0.171. The molecule has 0 amide bonds. The van der Waals surface area contributed by atoms with Crippen molar-refractivity contribution in [1.29, 1.82) is 0 Å². The van der Waals surface area contributed by atoms with Gasteiger partial charge in [-0.15, -0.1) is 0 Å². The quantitative estimate of drug-likeness (QED) is 0.567. The molecule has 0 bridgehead atoms. The van der Waals surface area contributed by atoms with E-state index in [1.165, 1.54) is 6.92 Å². The van der Waals surface area contributed by atoms with Crippen LogP contribution in [0.1, 0.15) is 69.9 Å². The fourth-order valence-corrected chi connectivity index (χ4v) is 6.30. The maximum Gasteiger partial charge on any atom is 0.338 e. The first-order chi connectivity index (χ1) is 16.5. The topological polar surface area (TPSA) is 97.7 Å². The van der Waals surface area contributed by atoms with E-state index in [-0.39, 0.29) is 24.7 Å². The Kier molecular flexibility index (Phi) is 6.05. The number of benzene rings is 1. The average molecular weight is 488 g/mol. The molecule has 3 aliphatic heterocycles. The van der Waals surface area contributed by atoms with E-state index in [4.69, 9.17) is 18.9 Å². The summed E-state index contributed by atoms with van der Waals surface area (Å²) in [5.41, 5.74) is -0.593. The lowest BCUT2D eigenvalue weighted by atomic mass is 9.77. The molecule has 0 saturated carbocycles. The number of hydrogen-bond donors (Lipinski definition) is 2. The lowest BCUT2D eigenvalue weighted by Gasteiger charge is -2.39. The van der Waals surface area contributed by atoms with E-state index in [9.17, 15) is 15.0 Å². The Morgan fingerprint density at radius 3 is 2.63 bits per heavy atom. The molecule has 3 heterocycles. The van der Waals surface area contributed by atoms with Gasteiger partial charge in [-0.05, 0) is 95.2 Å². The smallest absolute Gasteiger partial charge is 0.338 e. The molecule has 35 heavy (non-hydrogen) atoms. The van der Waals surface area contributed by atoms with Gasteiger partial charge in [-0.1, -0.05) is 0 Å². The molecular weight excluding hydrogens is 450 g/mol. The highest BCUT2D eigenvalue weighted by Crippen LogP contribution is 2.55. The van der Waals surface area contributed by atoms with Crippen LogP contribution in [0.5, 0.6) is 11.5 Å². The summed E-state index contributed by atoms with van der Waals surface area (Å²) in [6, 6.07) is 4.10. The van der Waals surface area contributed by atoms with Gasteiger partial charge in [0.1, 0.15) is 5.76 Å². The highest BCUT2D eigenvalue weighted by atomic mass is 16.7. The molecule has 1 aromatic rings. The lowest BCUT2D eigenvalue weighted by Crippen LogP contribution is -2.48. The van der Waals surface area contributed by atoms with Crippen LogP contribution < -0.4 is 9.47 Å². The molecule has 4 aliphatic rings. The van der Waals surface area contributed by atoms with E-state index in [2.05, 4.69) is 17.0 Å². The molecule has 0 radical (unpaired) electrons. The van der Waals surface area contributed by atoms with Crippen molar-refractivity contribution in [2.75, 3.05) is 27.0 Å². The number of methoxy groups -OCH3 is 1. The number of carbonyl (C=O) groups excluding carboxylic acids is 1. The number of hydrogen-bond acceptors (Lipinski definition) is 8. The van der Waals surface area contributed by atoms with Crippen molar-refractivity contribution in [2.24, 2.45) is 0 Å². The molecule has 1 fully saturated rings. The number of aliphatic hydroxyl groups is 2. The van der Waals surface area contributed by atoms with Crippen LogP contribution in [0.3, 0.4) is 0 Å². The van der Waals surface area contributed by atoms with Crippen LogP contribution in [-0.2, 0) is 20.7 Å². The number of fused-ring (bicyclic) bond motifs is 3. The second-order valence-corrected chi connectivity index (χ2v) is 11.2. The standard InChI is InChI=1S/C27H37NO7/c1-25(2,30)8-5-9-26(3,31)24(29)35-23-21(32-4)15-27-10-6-11-28(27)12-7-17-13-19-20(34-16-33-19)14-18(17)22(23)27/h13-15,22-23,30-31H,5-12,16H2,1-4H3/t22?,23-,26?,27-/m0/s1. The number of ether oxygens (including phenoxy) is 4. The van der Waals surface area contributed by atoms with E-state index in [1.54, 1.807) is 21.0 Å². The maximum absolute atomic E-state index is 13.3. The van der Waals surface area contributed by atoms with Crippen LogP contribution in [0, 0.1) is 0 Å². The summed E-state index contributed by atoms with van der Waals surface area (Å²) >= 11 is 0. The number of rotatable bonds is 7. The van der Waals surface area contributed by atoms with E-state index < -0.39 is 23.3 Å². The Balaban J connectivity index is 1.47. The summed E-state index contributed by atoms with van der Waals surface area (Å²) in [4.78, 5) is 15.8. The SMILES string of the molecule is COC1=C[C@]23CCCN2CCc2cc4c(cc2C3[C@H]1OC(=O)C(C)(O)CCCC(C)(C)O)OCO4. The largest absolute Gasteiger partial charge is 0.497 e. The predicted molar refractivity (Wildman–Crippen MR) is 128 cm³/mol. The molecule has 1 aliphatic carbocycles. The maximum atomic E-state index is 13.3. The summed E-state index contributed by atoms with van der Waals surface area (Å²) < 4.78 is 23.3. The molecule has 1 saturated heterocycles. The molecule has 2 N–H and O–H groups in total. The second-order valence-electron chi connectivity index (χ2n) is 11.2. The number of esters is 1. The zero-order valence-electron chi connectivity index (χ0n) is 21.1. The van der Waals surface area contributed by atoms with Crippen molar-refractivity contribution < 1.29 is 34.0 Å². The van der Waals surface area contributed by atoms with Gasteiger partial charge >= 0.3 is 5.97 Å². The normalized spacial score (nSPS) is 28.9. The zero-order chi connectivity index (χ0) is 25.0. The van der Waals surface area contributed by atoms with Crippen molar-refractivity contribution in [1.82, 2.24) is 4.90 Å². The first-order valence-corrected chi connectivity index (χ1v) is 12.6. The van der Waals surface area contributed by atoms with Gasteiger partial charge in [-0.3, -0.25) is 4.90 Å². The van der Waals surface area contributed by atoms with Crippen molar-refractivity contribution in [2.45, 2.75) is 88.1 Å². The molecule has 1 aromatic carbocycles. The Hall–Kier alpha value is -2.29. The first kappa shape index (κ1) is 24.4. The molecule has 0 aromatic heterocycles. The van der Waals surface area contributed by atoms with Gasteiger partial charge in [0, 0.05) is 6.54 Å². The third-order valence-corrected chi connectivity index (χ3v) is 8.09. The van der Waals surface area contributed by atoms with E-state index in [0.717, 1.165) is 49.2 Å². The third kappa shape index (κ3) is 4.30. The van der Waals surface area contributed by atoms with Crippen LogP contribution >= 0.6 is 0 Å². The van der Waals surface area contributed by atoms with Crippen LogP contribution in [0.15, 0.2) is 24.0 Å². The fourth-order valence-electron chi connectivity index (χ4n) is 6.30. The van der Waals surface area contributed by atoms with Gasteiger partial charge < -0.3 is 29.2 Å². The van der Waals surface area contributed by atoms with Gasteiger partial charge in [0.05, 0.1) is 24.2 Å². The highest BCUT2D eigenvalue weighted by Gasteiger charge is 2.58. The Bertz CT molecular complexity index is 1030. The minimum atomic E-state index is -1.67. The molecule has 192 valence electrons. The second kappa shape index (κ2) is 8.68. The van der Waals surface area contributed by atoms with E-state index in [0.29, 0.717) is 24.4 Å². The van der Waals surface area contributed by atoms with E-state index >= 15 is 0 Å². The average Bonchev–Trinajstić information content (AvgIpc) is 3.46. The summed E-state index contributed by atoms with van der Waals surface area (Å²) in [6.45, 7) is 6.99. The molecular formula is C27H37NO7. The summed E-state index contributed by atoms with van der Waals surface area (Å²) in [6.07, 6.45) is 5.52. The number of carbonyl (C=O) groups is 1. The Morgan fingerprint density at radius 2 is 1.91 bits per heavy atom. The summed E-state index contributed by atoms with van der Waals surface area (Å²) in [5.74, 6) is 1.23. The van der Waals surface area contributed by atoms with Crippen molar-refractivity contribution in [3.63, 3.8) is 0 Å². The van der Waals surface area contributed by atoms with Gasteiger partial charge in [0.2, 0.25) is 6.79 Å². The Morgan fingerprint density at radius 1 is 1.17 bits per heavy atom. The van der Waals surface area contributed by atoms with Crippen molar-refractivity contribution in [3.8, 4) is 11.5 Å². The zero-order valence-corrected chi connectivity index (χ0v) is 21.1. The summed E-state index contributed by atoms with van der Waals surface area (Å²) in [7, 11) is 1.61. The van der Waals surface area contributed by atoms with Gasteiger partial charge in [0.25, 0.3) is 0 Å².